The number of hydrogen-bond acceptors (Lipinski definition) is 2. The van der Waals surface area contributed by atoms with E-state index in [9.17, 15) is 0 Å². The number of nitrogens with zero attached hydrogens (tertiary/aromatic N) is 2. The zero-order chi connectivity index (χ0) is 13.9. The standard InChI is InChI=1S/C16H25N2P/c1-4-16(2,14-6-5-7-14)15-10-8-13(9-11-15)12-17-18(3)19/h8-12,14H,4-7,19H2,1-3H3. The highest BCUT2D eigenvalue weighted by Gasteiger charge is 2.37. The lowest BCUT2D eigenvalue weighted by Crippen LogP contribution is -2.35. The molecule has 0 heterocycles. The topological polar surface area (TPSA) is 15.6 Å². The summed E-state index contributed by atoms with van der Waals surface area (Å²) in [6.45, 7) is 4.74. The molecule has 1 fully saturated rings. The third kappa shape index (κ3) is 3.17. The molecule has 0 amide bonds. The smallest absolute Gasteiger partial charge is 0.0545 e. The molecular formula is C16H25N2P. The lowest BCUT2D eigenvalue weighted by atomic mass is 9.62. The predicted octanol–water partition coefficient (Wildman–Crippen LogP) is 4.21. The van der Waals surface area contributed by atoms with Crippen molar-refractivity contribution in [2.45, 2.75) is 44.9 Å². The van der Waals surface area contributed by atoms with Gasteiger partial charge in [-0.1, -0.05) is 44.5 Å². The highest BCUT2D eigenvalue weighted by molar-refractivity contribution is 7.13. The Labute approximate surface area is 119 Å². The summed E-state index contributed by atoms with van der Waals surface area (Å²) in [5.74, 6) is 0.871. The Bertz CT molecular complexity index is 435. The molecule has 19 heavy (non-hydrogen) atoms. The molecule has 0 N–H and O–H groups in total. The first-order valence-corrected chi connectivity index (χ1v) is 7.71. The van der Waals surface area contributed by atoms with E-state index >= 15 is 0 Å². The van der Waals surface area contributed by atoms with Crippen molar-refractivity contribution in [3.05, 3.63) is 35.4 Å². The predicted molar refractivity (Wildman–Crippen MR) is 86.5 cm³/mol. The lowest BCUT2D eigenvalue weighted by Gasteiger charge is -2.43. The second-order valence-corrected chi connectivity index (χ2v) is 6.59. The lowest BCUT2D eigenvalue weighted by molar-refractivity contribution is 0.172. The van der Waals surface area contributed by atoms with Crippen LogP contribution in [0.2, 0.25) is 0 Å². The molecule has 3 heteroatoms. The van der Waals surface area contributed by atoms with Gasteiger partial charge in [0.15, 0.2) is 0 Å². The van der Waals surface area contributed by atoms with E-state index in [-0.39, 0.29) is 0 Å². The summed E-state index contributed by atoms with van der Waals surface area (Å²) in [5.41, 5.74) is 2.99. The monoisotopic (exact) mass is 276 g/mol. The van der Waals surface area contributed by atoms with Crippen molar-refractivity contribution in [3.8, 4) is 0 Å². The van der Waals surface area contributed by atoms with Gasteiger partial charge in [-0.05, 0) is 51.1 Å². The molecule has 104 valence electrons. The normalized spacial score (nSPS) is 19.2. The molecule has 1 aromatic carbocycles. The quantitative estimate of drug-likeness (QED) is 0.447. The Kier molecular flexibility index (Phi) is 4.62. The minimum Gasteiger partial charge on any atom is -0.286 e. The molecule has 1 aliphatic rings. The van der Waals surface area contributed by atoms with Gasteiger partial charge < -0.3 is 0 Å². The molecule has 2 nitrogen and oxygen atoms in total. The Morgan fingerprint density at radius 1 is 1.37 bits per heavy atom. The Hall–Kier alpha value is -0.880. The molecule has 2 atom stereocenters. The van der Waals surface area contributed by atoms with Gasteiger partial charge in [0.2, 0.25) is 0 Å². The molecule has 2 rings (SSSR count). The minimum atomic E-state index is 0.353. The van der Waals surface area contributed by atoms with Crippen LogP contribution in [0.4, 0.5) is 0 Å². The van der Waals surface area contributed by atoms with Gasteiger partial charge in [0, 0.05) is 7.05 Å². The van der Waals surface area contributed by atoms with Crippen molar-refractivity contribution in [1.82, 2.24) is 4.78 Å². The van der Waals surface area contributed by atoms with Gasteiger partial charge in [0.1, 0.15) is 0 Å². The molecule has 1 aliphatic carbocycles. The van der Waals surface area contributed by atoms with Crippen molar-refractivity contribution in [1.29, 1.82) is 0 Å². The Morgan fingerprint density at radius 2 is 2.00 bits per heavy atom. The minimum absolute atomic E-state index is 0.353. The van der Waals surface area contributed by atoms with Crippen LogP contribution < -0.4 is 0 Å². The van der Waals surface area contributed by atoms with Gasteiger partial charge >= 0.3 is 0 Å². The van der Waals surface area contributed by atoms with Crippen LogP contribution in [-0.2, 0) is 5.41 Å². The van der Waals surface area contributed by atoms with E-state index in [4.69, 9.17) is 0 Å². The number of benzene rings is 1. The van der Waals surface area contributed by atoms with Crippen molar-refractivity contribution in [3.63, 3.8) is 0 Å². The third-order valence-electron chi connectivity index (χ3n) is 4.70. The van der Waals surface area contributed by atoms with Crippen LogP contribution in [0.5, 0.6) is 0 Å². The fraction of sp³-hybridized carbons (Fsp3) is 0.562. The summed E-state index contributed by atoms with van der Waals surface area (Å²) in [7, 11) is 4.43. The molecule has 2 unspecified atom stereocenters. The van der Waals surface area contributed by atoms with E-state index in [1.165, 1.54) is 31.2 Å². The van der Waals surface area contributed by atoms with Crippen molar-refractivity contribution < 1.29 is 0 Å². The van der Waals surface area contributed by atoms with E-state index < -0.39 is 0 Å². The molecule has 0 aliphatic heterocycles. The zero-order valence-electron chi connectivity index (χ0n) is 12.3. The van der Waals surface area contributed by atoms with Crippen LogP contribution in [0, 0.1) is 5.92 Å². The van der Waals surface area contributed by atoms with E-state index in [1.54, 1.807) is 4.78 Å². The van der Waals surface area contributed by atoms with E-state index in [0.29, 0.717) is 5.41 Å². The maximum absolute atomic E-state index is 4.24. The number of hydrogen-bond donors (Lipinski definition) is 0. The first-order valence-electron chi connectivity index (χ1n) is 7.19. The summed E-state index contributed by atoms with van der Waals surface area (Å²) in [6, 6.07) is 8.93. The van der Waals surface area contributed by atoms with Crippen LogP contribution in [0.15, 0.2) is 29.4 Å². The van der Waals surface area contributed by atoms with Gasteiger partial charge in [-0.2, -0.15) is 5.10 Å². The zero-order valence-corrected chi connectivity index (χ0v) is 13.4. The molecule has 0 radical (unpaired) electrons. The first kappa shape index (κ1) is 14.5. The van der Waals surface area contributed by atoms with Crippen molar-refractivity contribution >= 4 is 15.6 Å². The van der Waals surface area contributed by atoms with Crippen molar-refractivity contribution in [2.24, 2.45) is 11.0 Å². The summed E-state index contributed by atoms with van der Waals surface area (Å²) >= 11 is 0. The van der Waals surface area contributed by atoms with Gasteiger partial charge in [0.25, 0.3) is 0 Å². The van der Waals surface area contributed by atoms with Crippen LogP contribution in [0.1, 0.15) is 50.7 Å². The average Bonchev–Trinajstić information content (AvgIpc) is 2.34. The fourth-order valence-electron chi connectivity index (χ4n) is 2.88. The van der Waals surface area contributed by atoms with Gasteiger partial charge in [0.05, 0.1) is 6.21 Å². The van der Waals surface area contributed by atoms with Crippen LogP contribution in [-0.4, -0.2) is 18.0 Å². The number of hydrazone groups is 1. The second kappa shape index (κ2) is 6.05. The molecule has 1 saturated carbocycles. The average molecular weight is 276 g/mol. The Balaban J connectivity index is 2.16. The largest absolute Gasteiger partial charge is 0.286 e. The fourth-order valence-corrected chi connectivity index (χ4v) is 2.95. The van der Waals surface area contributed by atoms with Gasteiger partial charge in [-0.3, -0.25) is 4.78 Å². The molecule has 0 spiro atoms. The summed E-state index contributed by atoms with van der Waals surface area (Å²) in [6.07, 6.45) is 7.31. The Morgan fingerprint density at radius 3 is 2.42 bits per heavy atom. The summed E-state index contributed by atoms with van der Waals surface area (Å²) in [4.78, 5) is 0. The highest BCUT2D eigenvalue weighted by Crippen LogP contribution is 2.45. The van der Waals surface area contributed by atoms with Crippen LogP contribution in [0.3, 0.4) is 0 Å². The second-order valence-electron chi connectivity index (χ2n) is 5.84. The highest BCUT2D eigenvalue weighted by atomic mass is 31.0. The summed E-state index contributed by atoms with van der Waals surface area (Å²) in [5, 5.41) is 4.24. The van der Waals surface area contributed by atoms with E-state index in [0.717, 1.165) is 11.5 Å². The molecule has 0 bridgehead atoms. The molecular weight excluding hydrogens is 251 g/mol. The maximum atomic E-state index is 4.24. The van der Waals surface area contributed by atoms with Gasteiger partial charge in [-0.15, -0.1) is 0 Å². The summed E-state index contributed by atoms with van der Waals surface area (Å²) < 4.78 is 1.73. The van der Waals surface area contributed by atoms with Crippen LogP contribution in [0.25, 0.3) is 0 Å². The molecule has 0 aromatic heterocycles. The van der Waals surface area contributed by atoms with Gasteiger partial charge in [-0.25, -0.2) is 0 Å². The third-order valence-corrected chi connectivity index (χ3v) is 4.83. The number of rotatable bonds is 5. The van der Waals surface area contributed by atoms with Crippen LogP contribution >= 0.6 is 9.39 Å². The molecule has 1 aromatic rings. The molecule has 0 saturated heterocycles. The van der Waals surface area contributed by atoms with Crippen molar-refractivity contribution in [2.75, 3.05) is 7.05 Å². The maximum Gasteiger partial charge on any atom is 0.0545 e. The van der Waals surface area contributed by atoms with E-state index in [2.05, 4.69) is 52.6 Å². The first-order chi connectivity index (χ1) is 9.06. The van der Waals surface area contributed by atoms with E-state index in [1.807, 2.05) is 13.3 Å². The SMILES string of the molecule is CCC(C)(c1ccc(C=NN(C)P)cc1)C1CCC1.